The second-order valence-electron chi connectivity index (χ2n) is 1.95. The topological polar surface area (TPSA) is 94.0 Å². The molecule has 1 aromatic rings. The number of rotatable bonds is 4. The number of hydrogen-bond donors (Lipinski definition) is 2. The van der Waals surface area contributed by atoms with Crippen LogP contribution in [0.2, 0.25) is 0 Å². The zero-order chi connectivity index (χ0) is 8.97. The summed E-state index contributed by atoms with van der Waals surface area (Å²) in [6, 6.07) is 0.143. The van der Waals surface area contributed by atoms with Gasteiger partial charge in [-0.3, -0.25) is 4.79 Å². The average molecular weight is 191 g/mol. The van der Waals surface area contributed by atoms with Crippen LogP contribution in [0.1, 0.15) is 5.89 Å². The van der Waals surface area contributed by atoms with Gasteiger partial charge in [-0.1, -0.05) is 5.10 Å². The quantitative estimate of drug-likeness (QED) is 0.636. The van der Waals surface area contributed by atoms with Crippen LogP contribution in [0.4, 0.5) is 6.01 Å². The number of halogens is 1. The molecule has 1 heterocycles. The second kappa shape index (κ2) is 3.91. The molecule has 7 heteroatoms. The van der Waals surface area contributed by atoms with Crippen molar-refractivity contribution < 1.29 is 9.21 Å². The first-order valence-electron chi connectivity index (χ1n) is 3.13. The number of nitrogens with zero attached hydrogens (tertiary/aromatic N) is 2. The van der Waals surface area contributed by atoms with Crippen molar-refractivity contribution in [1.29, 1.82) is 0 Å². The van der Waals surface area contributed by atoms with Gasteiger partial charge in [-0.05, 0) is 0 Å². The lowest BCUT2D eigenvalue weighted by Gasteiger charge is -1.93. The summed E-state index contributed by atoms with van der Waals surface area (Å²) < 4.78 is 4.91. The maximum Gasteiger partial charge on any atom is 0.315 e. The van der Waals surface area contributed by atoms with E-state index in [2.05, 4.69) is 15.5 Å². The van der Waals surface area contributed by atoms with Crippen LogP contribution in [-0.2, 0) is 10.7 Å². The Morgan fingerprint density at radius 3 is 2.92 bits per heavy atom. The van der Waals surface area contributed by atoms with E-state index in [-0.39, 0.29) is 18.4 Å². The van der Waals surface area contributed by atoms with Crippen LogP contribution in [0.5, 0.6) is 0 Å². The molecule has 0 aliphatic rings. The summed E-state index contributed by atoms with van der Waals surface area (Å²) in [7, 11) is 0. The van der Waals surface area contributed by atoms with Gasteiger partial charge >= 0.3 is 6.01 Å². The Morgan fingerprint density at radius 2 is 2.42 bits per heavy atom. The molecule has 0 spiro atoms. The molecule has 1 aromatic heterocycles. The molecule has 1 rings (SSSR count). The predicted molar refractivity (Wildman–Crippen MR) is 41.5 cm³/mol. The van der Waals surface area contributed by atoms with Gasteiger partial charge in [0.15, 0.2) is 0 Å². The highest BCUT2D eigenvalue weighted by molar-refractivity contribution is 6.16. The summed E-state index contributed by atoms with van der Waals surface area (Å²) >= 11 is 5.39. The van der Waals surface area contributed by atoms with Crippen LogP contribution in [-0.4, -0.2) is 22.6 Å². The smallest absolute Gasteiger partial charge is 0.315 e. The number of hydrogen-bond acceptors (Lipinski definition) is 5. The first kappa shape index (κ1) is 8.79. The molecular weight excluding hydrogens is 184 g/mol. The lowest BCUT2D eigenvalue weighted by molar-refractivity contribution is -0.116. The Balaban J connectivity index is 2.47. The first-order chi connectivity index (χ1) is 5.72. The molecule has 0 aliphatic heterocycles. The number of carbonyl (C=O) groups excluding carboxylic acids is 1. The van der Waals surface area contributed by atoms with Crippen LogP contribution >= 0.6 is 11.6 Å². The summed E-state index contributed by atoms with van der Waals surface area (Å²) in [4.78, 5) is 10.3. The molecule has 6 nitrogen and oxygen atoms in total. The molecule has 0 aliphatic carbocycles. The lowest BCUT2D eigenvalue weighted by atomic mass is 10.6. The Hall–Kier alpha value is -1.30. The maximum atomic E-state index is 10.3. The van der Waals surface area contributed by atoms with Crippen molar-refractivity contribution in [3.63, 3.8) is 0 Å². The van der Waals surface area contributed by atoms with Gasteiger partial charge in [-0.25, -0.2) is 0 Å². The molecule has 0 unspecified atom stereocenters. The van der Waals surface area contributed by atoms with E-state index < -0.39 is 5.91 Å². The van der Waals surface area contributed by atoms with E-state index in [1.54, 1.807) is 0 Å². The SMILES string of the molecule is NC(=O)CNc1nnc(CCl)o1. The van der Waals surface area contributed by atoms with E-state index in [4.69, 9.17) is 21.8 Å². The van der Waals surface area contributed by atoms with Gasteiger partial charge in [0.25, 0.3) is 0 Å². The number of nitrogens with one attached hydrogen (secondary N) is 1. The minimum Gasteiger partial charge on any atom is -0.407 e. The molecule has 0 aromatic carbocycles. The number of carbonyl (C=O) groups is 1. The molecule has 0 bridgehead atoms. The molecule has 0 saturated heterocycles. The molecular formula is C5H7ClN4O2. The fraction of sp³-hybridized carbons (Fsp3) is 0.400. The maximum absolute atomic E-state index is 10.3. The fourth-order valence-electron chi connectivity index (χ4n) is 0.542. The zero-order valence-electron chi connectivity index (χ0n) is 6.08. The minimum atomic E-state index is -0.499. The predicted octanol–water partition coefficient (Wildman–Crippen LogP) is -0.294. The van der Waals surface area contributed by atoms with E-state index in [1.165, 1.54) is 0 Å². The summed E-state index contributed by atoms with van der Waals surface area (Å²) in [5.74, 6) is -0.0603. The first-order valence-corrected chi connectivity index (χ1v) is 3.66. The minimum absolute atomic E-state index is 0.0378. The van der Waals surface area contributed by atoms with Crippen molar-refractivity contribution in [3.8, 4) is 0 Å². The number of nitrogens with two attached hydrogens (primary N) is 1. The number of aromatic nitrogens is 2. The Labute approximate surface area is 73.1 Å². The number of alkyl halides is 1. The number of anilines is 1. The van der Waals surface area contributed by atoms with Crippen molar-refractivity contribution in [2.45, 2.75) is 5.88 Å². The highest BCUT2D eigenvalue weighted by Gasteiger charge is 2.04. The van der Waals surface area contributed by atoms with Gasteiger partial charge in [0, 0.05) is 0 Å². The summed E-state index contributed by atoms with van der Waals surface area (Å²) in [5, 5.41) is 9.61. The lowest BCUT2D eigenvalue weighted by Crippen LogP contribution is -2.21. The van der Waals surface area contributed by atoms with Gasteiger partial charge in [0.2, 0.25) is 11.8 Å². The van der Waals surface area contributed by atoms with E-state index in [1.807, 2.05) is 0 Å². The van der Waals surface area contributed by atoms with Crippen molar-refractivity contribution in [2.75, 3.05) is 11.9 Å². The van der Waals surface area contributed by atoms with Gasteiger partial charge in [0.05, 0.1) is 6.54 Å². The van der Waals surface area contributed by atoms with E-state index in [0.29, 0.717) is 5.89 Å². The third-order valence-corrected chi connectivity index (χ3v) is 1.22. The molecule has 1 amide bonds. The molecule has 0 radical (unpaired) electrons. The van der Waals surface area contributed by atoms with Crippen molar-refractivity contribution in [1.82, 2.24) is 10.2 Å². The van der Waals surface area contributed by atoms with Crippen molar-refractivity contribution in [3.05, 3.63) is 5.89 Å². The van der Waals surface area contributed by atoms with Gasteiger partial charge < -0.3 is 15.5 Å². The largest absolute Gasteiger partial charge is 0.407 e. The van der Waals surface area contributed by atoms with Crippen LogP contribution in [0.25, 0.3) is 0 Å². The Morgan fingerprint density at radius 1 is 1.67 bits per heavy atom. The zero-order valence-corrected chi connectivity index (χ0v) is 6.84. The Kier molecular flexibility index (Phi) is 2.87. The van der Waals surface area contributed by atoms with Crippen LogP contribution < -0.4 is 11.1 Å². The van der Waals surface area contributed by atoms with E-state index in [9.17, 15) is 4.79 Å². The summed E-state index contributed by atoms with van der Waals surface area (Å²) in [6.07, 6.45) is 0. The van der Waals surface area contributed by atoms with Crippen LogP contribution in [0, 0.1) is 0 Å². The van der Waals surface area contributed by atoms with E-state index in [0.717, 1.165) is 0 Å². The normalized spacial score (nSPS) is 9.75. The van der Waals surface area contributed by atoms with Crippen molar-refractivity contribution in [2.24, 2.45) is 5.73 Å². The van der Waals surface area contributed by atoms with Gasteiger partial charge in [-0.2, -0.15) is 0 Å². The van der Waals surface area contributed by atoms with Crippen LogP contribution in [0.15, 0.2) is 4.42 Å². The third-order valence-electron chi connectivity index (χ3n) is 0.995. The Bertz CT molecular complexity index is 274. The van der Waals surface area contributed by atoms with Gasteiger partial charge in [0.1, 0.15) is 5.88 Å². The molecule has 0 atom stereocenters. The summed E-state index contributed by atoms with van der Waals surface area (Å²) in [5.41, 5.74) is 4.86. The average Bonchev–Trinajstić information content (AvgIpc) is 2.48. The summed E-state index contributed by atoms with van der Waals surface area (Å²) in [6.45, 7) is -0.0378. The molecule has 3 N–H and O–H groups in total. The monoisotopic (exact) mass is 190 g/mol. The standard InChI is InChI=1S/C5H7ClN4O2/c6-1-4-9-10-5(12-4)8-2-3(7)11/h1-2H2,(H2,7,11)(H,8,10). The second-order valence-corrected chi connectivity index (χ2v) is 2.22. The molecule has 12 heavy (non-hydrogen) atoms. The third kappa shape index (κ3) is 2.39. The fourth-order valence-corrected chi connectivity index (χ4v) is 0.650. The van der Waals surface area contributed by atoms with Crippen LogP contribution in [0.3, 0.4) is 0 Å². The highest BCUT2D eigenvalue weighted by atomic mass is 35.5. The molecule has 0 fully saturated rings. The molecule has 66 valence electrons. The highest BCUT2D eigenvalue weighted by Crippen LogP contribution is 2.06. The van der Waals surface area contributed by atoms with Crippen molar-refractivity contribution >= 4 is 23.5 Å². The van der Waals surface area contributed by atoms with E-state index >= 15 is 0 Å². The number of amides is 1. The van der Waals surface area contributed by atoms with Gasteiger partial charge in [-0.15, -0.1) is 16.7 Å². The number of primary amides is 1. The molecule has 0 saturated carbocycles.